The molecule has 0 fully saturated rings. The van der Waals surface area contributed by atoms with E-state index in [0.717, 1.165) is 5.75 Å². The Hall–Kier alpha value is -1.94. The van der Waals surface area contributed by atoms with E-state index in [1.807, 2.05) is 30.0 Å². The van der Waals surface area contributed by atoms with Crippen LogP contribution in [0.25, 0.3) is 0 Å². The molecule has 1 atom stereocenters. The van der Waals surface area contributed by atoms with E-state index >= 15 is 0 Å². The summed E-state index contributed by atoms with van der Waals surface area (Å²) in [5.41, 5.74) is 9.44. The van der Waals surface area contributed by atoms with Crippen molar-refractivity contribution in [3.8, 4) is 0 Å². The highest BCUT2D eigenvalue weighted by Crippen LogP contribution is 2.34. The Morgan fingerprint density at radius 3 is 2.62 bits per heavy atom. The molecule has 0 saturated carbocycles. The quantitative estimate of drug-likeness (QED) is 0.365. The normalized spacial score (nSPS) is 13.1. The first-order chi connectivity index (χ1) is 10.2. The van der Waals surface area contributed by atoms with Gasteiger partial charge in [-0.1, -0.05) is 65.3 Å². The summed E-state index contributed by atoms with van der Waals surface area (Å²) in [6, 6.07) is 18.7. The molecule has 0 bridgehead atoms. The van der Waals surface area contributed by atoms with Crippen LogP contribution in [0.4, 0.5) is 0 Å². The van der Waals surface area contributed by atoms with Crippen LogP contribution in [0.2, 0.25) is 0 Å². The van der Waals surface area contributed by atoms with Gasteiger partial charge in [-0.2, -0.15) is 0 Å². The predicted molar refractivity (Wildman–Crippen MR) is 89.7 cm³/mol. The maximum absolute atomic E-state index is 8.81. The average Bonchev–Trinajstić information content (AvgIpc) is 2.52. The van der Waals surface area contributed by atoms with Gasteiger partial charge in [0, 0.05) is 17.4 Å². The standard InChI is InChI=1S/C17H20N2OS/c1-13-6-5-7-14(10-13)12-21-16(11-17(18)19-20)15-8-3-2-4-9-15/h2-10,16,20H,11-12H2,1H3,(H2,18,19). The fourth-order valence-electron chi connectivity index (χ4n) is 2.17. The molecule has 4 heteroatoms. The lowest BCUT2D eigenvalue weighted by Crippen LogP contribution is -2.14. The van der Waals surface area contributed by atoms with Gasteiger partial charge >= 0.3 is 0 Å². The monoisotopic (exact) mass is 300 g/mol. The van der Waals surface area contributed by atoms with Gasteiger partial charge < -0.3 is 10.9 Å². The van der Waals surface area contributed by atoms with Gasteiger partial charge in [0.15, 0.2) is 0 Å². The van der Waals surface area contributed by atoms with E-state index < -0.39 is 0 Å². The van der Waals surface area contributed by atoms with Crippen LogP contribution < -0.4 is 5.73 Å². The molecule has 1 unspecified atom stereocenters. The second-order valence-corrected chi connectivity index (χ2v) is 6.19. The first-order valence-electron chi connectivity index (χ1n) is 6.87. The topological polar surface area (TPSA) is 58.6 Å². The maximum atomic E-state index is 8.81. The Morgan fingerprint density at radius 2 is 1.95 bits per heavy atom. The van der Waals surface area contributed by atoms with E-state index in [-0.39, 0.29) is 11.1 Å². The van der Waals surface area contributed by atoms with Crippen LogP contribution in [0.3, 0.4) is 0 Å². The molecular weight excluding hydrogens is 280 g/mol. The van der Waals surface area contributed by atoms with Crippen molar-refractivity contribution in [1.82, 2.24) is 0 Å². The highest BCUT2D eigenvalue weighted by molar-refractivity contribution is 7.98. The highest BCUT2D eigenvalue weighted by atomic mass is 32.2. The number of thioether (sulfide) groups is 1. The molecule has 3 N–H and O–H groups in total. The molecule has 0 amide bonds. The van der Waals surface area contributed by atoms with Crippen molar-refractivity contribution >= 4 is 17.6 Å². The van der Waals surface area contributed by atoms with E-state index in [0.29, 0.717) is 6.42 Å². The highest BCUT2D eigenvalue weighted by Gasteiger charge is 2.14. The van der Waals surface area contributed by atoms with Gasteiger partial charge in [0.05, 0.1) is 0 Å². The van der Waals surface area contributed by atoms with Crippen molar-refractivity contribution in [3.05, 3.63) is 71.3 Å². The summed E-state index contributed by atoms with van der Waals surface area (Å²) in [7, 11) is 0. The van der Waals surface area contributed by atoms with Gasteiger partial charge in [0.1, 0.15) is 5.84 Å². The van der Waals surface area contributed by atoms with Crippen LogP contribution in [-0.2, 0) is 5.75 Å². The molecule has 3 nitrogen and oxygen atoms in total. The lowest BCUT2D eigenvalue weighted by molar-refractivity contribution is 0.317. The first kappa shape index (κ1) is 15.4. The van der Waals surface area contributed by atoms with Gasteiger partial charge in [-0.3, -0.25) is 0 Å². The van der Waals surface area contributed by atoms with Crippen LogP contribution in [0, 0.1) is 6.92 Å². The summed E-state index contributed by atoms with van der Waals surface area (Å²) in [5, 5.41) is 12.1. The third-order valence-electron chi connectivity index (χ3n) is 3.23. The molecule has 0 radical (unpaired) electrons. The number of nitrogens with two attached hydrogens (primary N) is 1. The summed E-state index contributed by atoms with van der Waals surface area (Å²) in [4.78, 5) is 0. The van der Waals surface area contributed by atoms with Crippen LogP contribution in [-0.4, -0.2) is 11.0 Å². The number of benzene rings is 2. The molecule has 2 aromatic carbocycles. The smallest absolute Gasteiger partial charge is 0.140 e. The molecule has 0 aromatic heterocycles. The summed E-state index contributed by atoms with van der Waals surface area (Å²) < 4.78 is 0. The molecule has 110 valence electrons. The second kappa shape index (κ2) is 7.74. The van der Waals surface area contributed by atoms with Crippen molar-refractivity contribution in [3.63, 3.8) is 0 Å². The van der Waals surface area contributed by atoms with Crippen molar-refractivity contribution < 1.29 is 5.21 Å². The molecule has 0 aliphatic heterocycles. The molecule has 0 spiro atoms. The van der Waals surface area contributed by atoms with Gasteiger partial charge in [-0.15, -0.1) is 11.8 Å². The van der Waals surface area contributed by atoms with Crippen LogP contribution in [0.15, 0.2) is 59.8 Å². The summed E-state index contributed by atoms with van der Waals surface area (Å²) in [6.07, 6.45) is 0.539. The SMILES string of the molecule is Cc1cccc(CSC(CC(N)=NO)c2ccccc2)c1. The zero-order valence-electron chi connectivity index (χ0n) is 12.1. The number of rotatable bonds is 6. The Labute approximate surface area is 129 Å². The third kappa shape index (κ3) is 4.83. The number of amidine groups is 1. The van der Waals surface area contributed by atoms with E-state index in [1.165, 1.54) is 16.7 Å². The number of hydrogen-bond acceptors (Lipinski definition) is 3. The van der Waals surface area contributed by atoms with Crippen molar-refractivity contribution in [1.29, 1.82) is 0 Å². The Balaban J connectivity index is 2.09. The molecule has 0 aliphatic carbocycles. The largest absolute Gasteiger partial charge is 0.409 e. The van der Waals surface area contributed by atoms with Gasteiger partial charge in [-0.05, 0) is 18.1 Å². The minimum atomic E-state index is 0.183. The van der Waals surface area contributed by atoms with Crippen molar-refractivity contribution in [2.24, 2.45) is 10.9 Å². The van der Waals surface area contributed by atoms with E-state index in [4.69, 9.17) is 10.9 Å². The summed E-state index contributed by atoms with van der Waals surface area (Å²) in [5.74, 6) is 1.17. The number of oxime groups is 1. The zero-order chi connectivity index (χ0) is 15.1. The van der Waals surface area contributed by atoms with Gasteiger partial charge in [0.25, 0.3) is 0 Å². The van der Waals surface area contributed by atoms with Crippen LogP contribution in [0.1, 0.15) is 28.4 Å². The molecule has 0 heterocycles. The predicted octanol–water partition coefficient (Wildman–Crippen LogP) is 4.11. The molecule has 21 heavy (non-hydrogen) atoms. The fraction of sp³-hybridized carbons (Fsp3) is 0.235. The Morgan fingerprint density at radius 1 is 1.19 bits per heavy atom. The number of hydrogen-bond donors (Lipinski definition) is 2. The van der Waals surface area contributed by atoms with E-state index in [9.17, 15) is 0 Å². The number of nitrogens with zero attached hydrogens (tertiary/aromatic N) is 1. The van der Waals surface area contributed by atoms with E-state index in [1.54, 1.807) is 0 Å². The maximum Gasteiger partial charge on any atom is 0.140 e. The van der Waals surface area contributed by atoms with Crippen LogP contribution >= 0.6 is 11.8 Å². The van der Waals surface area contributed by atoms with Crippen molar-refractivity contribution in [2.45, 2.75) is 24.3 Å². The third-order valence-corrected chi connectivity index (χ3v) is 4.57. The number of aryl methyl sites for hydroxylation is 1. The fourth-order valence-corrected chi connectivity index (χ4v) is 3.38. The Kier molecular flexibility index (Phi) is 5.69. The first-order valence-corrected chi connectivity index (χ1v) is 7.92. The zero-order valence-corrected chi connectivity index (χ0v) is 12.9. The second-order valence-electron chi connectivity index (χ2n) is 4.99. The lowest BCUT2D eigenvalue weighted by Gasteiger charge is -2.16. The summed E-state index contributed by atoms with van der Waals surface area (Å²) >= 11 is 1.81. The lowest BCUT2D eigenvalue weighted by atomic mass is 10.1. The summed E-state index contributed by atoms with van der Waals surface area (Å²) in [6.45, 7) is 2.10. The van der Waals surface area contributed by atoms with Gasteiger partial charge in [0.2, 0.25) is 0 Å². The molecule has 0 aliphatic rings. The molecule has 2 aromatic rings. The van der Waals surface area contributed by atoms with Crippen LogP contribution in [0.5, 0.6) is 0 Å². The molecule has 2 rings (SSSR count). The van der Waals surface area contributed by atoms with Gasteiger partial charge in [-0.25, -0.2) is 0 Å². The minimum Gasteiger partial charge on any atom is -0.409 e. The molecule has 0 saturated heterocycles. The van der Waals surface area contributed by atoms with Crippen molar-refractivity contribution in [2.75, 3.05) is 0 Å². The minimum absolute atomic E-state index is 0.183. The Bertz CT molecular complexity index is 599. The molecular formula is C17H20N2OS. The van der Waals surface area contributed by atoms with E-state index in [2.05, 4.69) is 48.5 Å². The average molecular weight is 300 g/mol.